The molecule has 2 rings (SSSR count). The molecule has 0 atom stereocenters. The first-order valence-electron chi connectivity index (χ1n) is 4.20. The third-order valence-electron chi connectivity index (χ3n) is 1.99. The van der Waals surface area contributed by atoms with Crippen molar-refractivity contribution in [2.24, 2.45) is 0 Å². The van der Waals surface area contributed by atoms with E-state index < -0.39 is 0 Å². The first kappa shape index (κ1) is 9.27. The van der Waals surface area contributed by atoms with E-state index >= 15 is 0 Å². The molecule has 3 nitrogen and oxygen atoms in total. The number of hydrogen-bond donors (Lipinski definition) is 1. The van der Waals surface area contributed by atoms with Crippen LogP contribution in [-0.2, 0) is 6.42 Å². The predicted octanol–water partition coefficient (Wildman–Crippen LogP) is 2.61. The summed E-state index contributed by atoms with van der Waals surface area (Å²) in [6, 6.07) is 7.96. The maximum Gasteiger partial charge on any atom is 0.163 e. The van der Waals surface area contributed by atoms with Crippen molar-refractivity contribution in [2.75, 3.05) is 5.73 Å². The summed E-state index contributed by atoms with van der Waals surface area (Å²) in [6.45, 7) is 0. The van der Waals surface area contributed by atoms with Gasteiger partial charge < -0.3 is 10.3 Å². The zero-order valence-electron chi connectivity index (χ0n) is 7.40. The molecule has 0 amide bonds. The Bertz CT molecular complexity index is 439. The van der Waals surface area contributed by atoms with Crippen molar-refractivity contribution in [1.29, 1.82) is 0 Å². The normalized spacial score (nSPS) is 10.4. The number of anilines is 1. The quantitative estimate of drug-likeness (QED) is 0.894. The Hall–Kier alpha value is -1.29. The highest BCUT2D eigenvalue weighted by atomic mass is 79.9. The fraction of sp³-hybridized carbons (Fsp3) is 0.100. The molecule has 1 aromatic heterocycles. The molecule has 0 bridgehead atoms. The van der Waals surface area contributed by atoms with Crippen LogP contribution in [0.2, 0.25) is 0 Å². The maximum atomic E-state index is 5.67. The van der Waals surface area contributed by atoms with Gasteiger partial charge in [-0.25, -0.2) is 0 Å². The van der Waals surface area contributed by atoms with E-state index in [2.05, 4.69) is 21.1 Å². The van der Waals surface area contributed by atoms with Gasteiger partial charge in [-0.05, 0) is 11.6 Å². The average Bonchev–Trinajstić information content (AvgIpc) is 2.56. The fourth-order valence-electron chi connectivity index (χ4n) is 1.22. The van der Waals surface area contributed by atoms with E-state index in [0.29, 0.717) is 17.9 Å². The molecule has 0 aliphatic rings. The van der Waals surface area contributed by atoms with Crippen molar-refractivity contribution in [3.8, 4) is 0 Å². The molecule has 0 aliphatic heterocycles. The van der Waals surface area contributed by atoms with E-state index in [4.69, 9.17) is 10.3 Å². The monoisotopic (exact) mass is 252 g/mol. The number of benzene rings is 1. The number of halogens is 1. The van der Waals surface area contributed by atoms with Gasteiger partial charge in [0, 0.05) is 10.9 Å². The van der Waals surface area contributed by atoms with Crippen molar-refractivity contribution in [3.63, 3.8) is 0 Å². The van der Waals surface area contributed by atoms with Crippen LogP contribution in [0.15, 0.2) is 39.5 Å². The Morgan fingerprint density at radius 2 is 2.14 bits per heavy atom. The second kappa shape index (κ2) is 3.84. The van der Waals surface area contributed by atoms with E-state index in [0.717, 1.165) is 10.0 Å². The molecule has 1 aromatic carbocycles. The standard InChI is InChI=1S/C10H9BrN2O/c11-8-4-2-1-3-7(8)5-10-9(12)6-13-14-10/h1-4,6H,5,12H2. The van der Waals surface area contributed by atoms with Crippen molar-refractivity contribution in [1.82, 2.24) is 5.16 Å². The lowest BCUT2D eigenvalue weighted by Gasteiger charge is -2.01. The maximum absolute atomic E-state index is 5.67. The molecule has 0 saturated carbocycles. The van der Waals surface area contributed by atoms with E-state index in [1.165, 1.54) is 6.20 Å². The number of nitrogen functional groups attached to an aromatic ring is 1. The number of hydrogen-bond acceptors (Lipinski definition) is 3. The van der Waals surface area contributed by atoms with Gasteiger partial charge in [0.25, 0.3) is 0 Å². The van der Waals surface area contributed by atoms with Crippen LogP contribution in [0.4, 0.5) is 5.69 Å². The molecular formula is C10H9BrN2O. The molecule has 4 heteroatoms. The van der Waals surface area contributed by atoms with Gasteiger partial charge in [0.15, 0.2) is 5.76 Å². The highest BCUT2D eigenvalue weighted by Crippen LogP contribution is 2.21. The summed E-state index contributed by atoms with van der Waals surface area (Å²) in [5, 5.41) is 3.63. The Kier molecular flexibility index (Phi) is 2.54. The van der Waals surface area contributed by atoms with E-state index in [1.54, 1.807) is 0 Å². The van der Waals surface area contributed by atoms with Gasteiger partial charge in [0.2, 0.25) is 0 Å². The van der Waals surface area contributed by atoms with Crippen LogP contribution in [0.3, 0.4) is 0 Å². The summed E-state index contributed by atoms with van der Waals surface area (Å²) in [5.41, 5.74) is 7.40. The fourth-order valence-corrected chi connectivity index (χ4v) is 1.65. The lowest BCUT2D eigenvalue weighted by molar-refractivity contribution is 0.390. The van der Waals surface area contributed by atoms with Crippen molar-refractivity contribution in [2.45, 2.75) is 6.42 Å². The molecule has 2 aromatic rings. The molecule has 0 saturated heterocycles. The molecule has 0 spiro atoms. The summed E-state index contributed by atoms with van der Waals surface area (Å²) in [5.74, 6) is 0.705. The molecule has 72 valence electrons. The topological polar surface area (TPSA) is 52.0 Å². The highest BCUT2D eigenvalue weighted by Gasteiger charge is 2.07. The third kappa shape index (κ3) is 1.80. The summed E-state index contributed by atoms with van der Waals surface area (Å²) >= 11 is 3.46. The van der Waals surface area contributed by atoms with Crippen LogP contribution in [0.25, 0.3) is 0 Å². The van der Waals surface area contributed by atoms with E-state index in [9.17, 15) is 0 Å². The van der Waals surface area contributed by atoms with Crippen molar-refractivity contribution in [3.05, 3.63) is 46.3 Å². The Morgan fingerprint density at radius 1 is 1.36 bits per heavy atom. The summed E-state index contributed by atoms with van der Waals surface area (Å²) in [4.78, 5) is 0. The SMILES string of the molecule is Nc1cnoc1Cc1ccccc1Br. The summed E-state index contributed by atoms with van der Waals surface area (Å²) < 4.78 is 6.08. The summed E-state index contributed by atoms with van der Waals surface area (Å²) in [6.07, 6.45) is 2.18. The van der Waals surface area contributed by atoms with Crippen molar-refractivity contribution >= 4 is 21.6 Å². The van der Waals surface area contributed by atoms with Crippen LogP contribution < -0.4 is 5.73 Å². The lowest BCUT2D eigenvalue weighted by atomic mass is 10.1. The number of nitrogens with zero attached hydrogens (tertiary/aromatic N) is 1. The third-order valence-corrected chi connectivity index (χ3v) is 2.76. The largest absolute Gasteiger partial charge is 0.395 e. The number of nitrogens with two attached hydrogens (primary N) is 1. The molecule has 0 aliphatic carbocycles. The van der Waals surface area contributed by atoms with Crippen LogP contribution in [-0.4, -0.2) is 5.16 Å². The summed E-state index contributed by atoms with van der Waals surface area (Å²) in [7, 11) is 0. The van der Waals surface area contributed by atoms with Crippen LogP contribution in [0.1, 0.15) is 11.3 Å². The molecule has 0 radical (unpaired) electrons. The Labute approximate surface area is 90.0 Å². The molecule has 1 heterocycles. The Morgan fingerprint density at radius 3 is 2.79 bits per heavy atom. The first-order valence-corrected chi connectivity index (χ1v) is 4.99. The van der Waals surface area contributed by atoms with Crippen LogP contribution >= 0.6 is 15.9 Å². The second-order valence-electron chi connectivity index (χ2n) is 2.97. The molecular weight excluding hydrogens is 244 g/mol. The van der Waals surface area contributed by atoms with Gasteiger partial charge in [-0.2, -0.15) is 0 Å². The molecule has 0 fully saturated rings. The van der Waals surface area contributed by atoms with Gasteiger partial charge in [-0.3, -0.25) is 0 Å². The van der Waals surface area contributed by atoms with Gasteiger partial charge in [0.05, 0.1) is 11.9 Å². The van der Waals surface area contributed by atoms with Gasteiger partial charge in [0.1, 0.15) is 0 Å². The molecule has 2 N–H and O–H groups in total. The zero-order valence-corrected chi connectivity index (χ0v) is 8.99. The van der Waals surface area contributed by atoms with Gasteiger partial charge in [-0.15, -0.1) is 0 Å². The molecule has 14 heavy (non-hydrogen) atoms. The van der Waals surface area contributed by atoms with Crippen LogP contribution in [0, 0.1) is 0 Å². The first-order chi connectivity index (χ1) is 6.77. The van der Waals surface area contributed by atoms with E-state index in [1.807, 2.05) is 24.3 Å². The number of aromatic nitrogens is 1. The minimum absolute atomic E-state index is 0.598. The Balaban J connectivity index is 2.28. The van der Waals surface area contributed by atoms with Crippen LogP contribution in [0.5, 0.6) is 0 Å². The van der Waals surface area contributed by atoms with Gasteiger partial charge >= 0.3 is 0 Å². The minimum Gasteiger partial charge on any atom is -0.395 e. The molecule has 0 unspecified atom stereocenters. The minimum atomic E-state index is 0.598. The lowest BCUT2D eigenvalue weighted by Crippen LogP contribution is -1.92. The highest BCUT2D eigenvalue weighted by molar-refractivity contribution is 9.10. The van der Waals surface area contributed by atoms with Gasteiger partial charge in [-0.1, -0.05) is 39.3 Å². The van der Waals surface area contributed by atoms with E-state index in [-0.39, 0.29) is 0 Å². The predicted molar refractivity (Wildman–Crippen MR) is 57.9 cm³/mol. The second-order valence-corrected chi connectivity index (χ2v) is 3.83. The van der Waals surface area contributed by atoms with Crippen molar-refractivity contribution < 1.29 is 4.52 Å². The smallest absolute Gasteiger partial charge is 0.163 e. The number of rotatable bonds is 2. The zero-order chi connectivity index (χ0) is 9.97. The average molecular weight is 253 g/mol.